The summed E-state index contributed by atoms with van der Waals surface area (Å²) in [5, 5.41) is 2.86. The van der Waals surface area contributed by atoms with Gasteiger partial charge in [-0.3, -0.25) is 0 Å². The molecule has 0 radical (unpaired) electrons. The Morgan fingerprint density at radius 1 is 1.35 bits per heavy atom. The lowest BCUT2D eigenvalue weighted by molar-refractivity contribution is 0.0503. The number of benzene rings is 1. The average molecular weight is 388 g/mol. The van der Waals surface area contributed by atoms with Crippen LogP contribution >= 0.6 is 15.9 Å². The second kappa shape index (κ2) is 7.07. The maximum absolute atomic E-state index is 13.7. The molecule has 2 rings (SSSR count). The quantitative estimate of drug-likeness (QED) is 0.815. The Labute approximate surface area is 144 Å². The van der Waals surface area contributed by atoms with Crippen molar-refractivity contribution in [3.8, 4) is 5.75 Å². The largest absolute Gasteiger partial charge is 0.489 e. The van der Waals surface area contributed by atoms with Crippen LogP contribution in [0.3, 0.4) is 0 Å². The number of halogens is 2. The topological polar surface area (TPSA) is 47.6 Å². The maximum atomic E-state index is 13.7. The van der Waals surface area contributed by atoms with Crippen LogP contribution in [0.4, 0.5) is 9.18 Å². The molecule has 1 amide bonds. The summed E-state index contributed by atoms with van der Waals surface area (Å²) in [6.45, 7) is 7.20. The van der Waals surface area contributed by atoms with Gasteiger partial charge in [0.2, 0.25) is 0 Å². The zero-order valence-electron chi connectivity index (χ0n) is 13.9. The second-order valence-electron chi connectivity index (χ2n) is 6.93. The molecule has 0 saturated heterocycles. The third-order valence-corrected chi connectivity index (χ3v) is 4.23. The molecule has 23 heavy (non-hydrogen) atoms. The molecule has 1 saturated carbocycles. The van der Waals surface area contributed by atoms with Crippen LogP contribution < -0.4 is 10.1 Å². The van der Waals surface area contributed by atoms with Crippen molar-refractivity contribution < 1.29 is 18.7 Å². The standard InChI is InChI=1S/C17H23BrFNO3/c1-10-7-13(18)15(9-14(10)19)22-12-6-5-11(8-12)20-16(21)23-17(2,3)4/h7,9,11-12H,5-6,8H2,1-4H3,(H,20,21)/t11-,12+/m0/s1. The van der Waals surface area contributed by atoms with E-state index in [1.165, 1.54) is 6.07 Å². The van der Waals surface area contributed by atoms with Crippen molar-refractivity contribution in [1.82, 2.24) is 5.32 Å². The van der Waals surface area contributed by atoms with Gasteiger partial charge in [0.05, 0.1) is 4.47 Å². The summed E-state index contributed by atoms with van der Waals surface area (Å²) < 4.78 is 25.5. The minimum Gasteiger partial charge on any atom is -0.489 e. The third kappa shape index (κ3) is 5.37. The van der Waals surface area contributed by atoms with E-state index in [0.29, 0.717) is 17.7 Å². The maximum Gasteiger partial charge on any atom is 0.407 e. The minimum absolute atomic E-state index is 0.0175. The van der Waals surface area contributed by atoms with E-state index in [2.05, 4.69) is 21.2 Å². The molecule has 4 nitrogen and oxygen atoms in total. The molecule has 0 spiro atoms. The predicted molar refractivity (Wildman–Crippen MR) is 90.3 cm³/mol. The Morgan fingerprint density at radius 2 is 2.04 bits per heavy atom. The molecule has 1 aliphatic carbocycles. The smallest absolute Gasteiger partial charge is 0.407 e. The number of alkyl carbamates (subject to hydrolysis) is 1. The van der Waals surface area contributed by atoms with Crippen molar-refractivity contribution in [2.24, 2.45) is 0 Å². The van der Waals surface area contributed by atoms with E-state index >= 15 is 0 Å². The fraction of sp³-hybridized carbons (Fsp3) is 0.588. The van der Waals surface area contributed by atoms with Gasteiger partial charge >= 0.3 is 6.09 Å². The molecule has 1 N–H and O–H groups in total. The Hall–Kier alpha value is -1.30. The Bertz CT molecular complexity index is 586. The van der Waals surface area contributed by atoms with Crippen LogP contribution in [-0.4, -0.2) is 23.8 Å². The Balaban J connectivity index is 1.89. The summed E-state index contributed by atoms with van der Waals surface area (Å²) in [6, 6.07) is 3.12. The zero-order chi connectivity index (χ0) is 17.2. The molecule has 1 aliphatic rings. The third-order valence-electron chi connectivity index (χ3n) is 3.61. The molecule has 0 aliphatic heterocycles. The molecule has 128 valence electrons. The predicted octanol–water partition coefficient (Wildman–Crippen LogP) is 4.72. The highest BCUT2D eigenvalue weighted by atomic mass is 79.9. The van der Waals surface area contributed by atoms with Gasteiger partial charge in [-0.2, -0.15) is 0 Å². The summed E-state index contributed by atoms with van der Waals surface area (Å²) in [7, 11) is 0. The summed E-state index contributed by atoms with van der Waals surface area (Å²) in [5.41, 5.74) is 0.0585. The van der Waals surface area contributed by atoms with Crippen molar-refractivity contribution >= 4 is 22.0 Å². The van der Waals surface area contributed by atoms with Crippen molar-refractivity contribution in [3.63, 3.8) is 0 Å². The van der Waals surface area contributed by atoms with Crippen LogP contribution in [0.5, 0.6) is 5.75 Å². The minimum atomic E-state index is -0.511. The summed E-state index contributed by atoms with van der Waals surface area (Å²) >= 11 is 3.40. The zero-order valence-corrected chi connectivity index (χ0v) is 15.5. The highest BCUT2D eigenvalue weighted by molar-refractivity contribution is 9.10. The molecule has 0 aromatic heterocycles. The van der Waals surface area contributed by atoms with Crippen LogP contribution in [0.15, 0.2) is 16.6 Å². The Morgan fingerprint density at radius 3 is 2.70 bits per heavy atom. The molecule has 1 aromatic rings. The van der Waals surface area contributed by atoms with E-state index in [0.717, 1.165) is 17.3 Å². The van der Waals surface area contributed by atoms with Gasteiger partial charge in [-0.25, -0.2) is 9.18 Å². The van der Waals surface area contributed by atoms with Crippen molar-refractivity contribution in [2.75, 3.05) is 0 Å². The van der Waals surface area contributed by atoms with Crippen LogP contribution in [0, 0.1) is 12.7 Å². The summed E-state index contributed by atoms with van der Waals surface area (Å²) in [6.07, 6.45) is 1.85. The van der Waals surface area contributed by atoms with Crippen molar-refractivity contribution in [2.45, 2.75) is 64.7 Å². The van der Waals surface area contributed by atoms with Crippen LogP contribution in [0.1, 0.15) is 45.6 Å². The summed E-state index contributed by atoms with van der Waals surface area (Å²) in [5.74, 6) is 0.209. The molecule has 1 fully saturated rings. The fourth-order valence-corrected chi connectivity index (χ4v) is 3.10. The van der Waals surface area contributed by atoms with Gasteiger partial charge in [0.25, 0.3) is 0 Å². The monoisotopic (exact) mass is 387 g/mol. The van der Waals surface area contributed by atoms with Crippen LogP contribution in [0.25, 0.3) is 0 Å². The molecule has 0 bridgehead atoms. The molecule has 0 heterocycles. The number of hydrogen-bond acceptors (Lipinski definition) is 3. The van der Waals surface area contributed by atoms with Crippen molar-refractivity contribution in [1.29, 1.82) is 0 Å². The van der Waals surface area contributed by atoms with Gasteiger partial charge in [0, 0.05) is 18.5 Å². The van der Waals surface area contributed by atoms with Crippen LogP contribution in [-0.2, 0) is 4.74 Å². The first-order valence-electron chi connectivity index (χ1n) is 7.76. The molecule has 0 unspecified atom stereocenters. The van der Waals surface area contributed by atoms with E-state index in [-0.39, 0.29) is 18.0 Å². The highest BCUT2D eigenvalue weighted by Gasteiger charge is 2.29. The molecule has 2 atom stereocenters. The van der Waals surface area contributed by atoms with E-state index in [1.807, 2.05) is 20.8 Å². The second-order valence-corrected chi connectivity index (χ2v) is 7.78. The number of aryl methyl sites for hydroxylation is 1. The first-order valence-corrected chi connectivity index (χ1v) is 8.55. The van der Waals surface area contributed by atoms with E-state index in [9.17, 15) is 9.18 Å². The number of amides is 1. The van der Waals surface area contributed by atoms with Gasteiger partial charge in [0.1, 0.15) is 23.3 Å². The number of carbonyl (C=O) groups excluding carboxylic acids is 1. The first-order chi connectivity index (χ1) is 10.6. The highest BCUT2D eigenvalue weighted by Crippen LogP contribution is 2.32. The molecule has 1 aromatic carbocycles. The SMILES string of the molecule is Cc1cc(Br)c(O[C@@H]2CC[C@H](NC(=O)OC(C)(C)C)C2)cc1F. The van der Waals surface area contributed by atoms with Crippen molar-refractivity contribution in [3.05, 3.63) is 28.0 Å². The van der Waals surface area contributed by atoms with Gasteiger partial charge < -0.3 is 14.8 Å². The average Bonchev–Trinajstić information content (AvgIpc) is 2.80. The molecular formula is C17H23BrFNO3. The number of carbonyl (C=O) groups is 1. The van der Waals surface area contributed by atoms with E-state index in [1.54, 1.807) is 13.0 Å². The lowest BCUT2D eigenvalue weighted by Gasteiger charge is -2.22. The normalized spacial score (nSPS) is 21.1. The van der Waals surface area contributed by atoms with Gasteiger partial charge in [-0.05, 0) is 68.1 Å². The number of nitrogens with one attached hydrogen (secondary N) is 1. The lowest BCUT2D eigenvalue weighted by atomic mass is 10.2. The number of ether oxygens (including phenoxy) is 2. The molecule has 6 heteroatoms. The number of rotatable bonds is 3. The van der Waals surface area contributed by atoms with Gasteiger partial charge in [-0.15, -0.1) is 0 Å². The molecular weight excluding hydrogens is 365 g/mol. The first kappa shape index (κ1) is 18.0. The lowest BCUT2D eigenvalue weighted by Crippen LogP contribution is -2.38. The van der Waals surface area contributed by atoms with Crippen LogP contribution in [0.2, 0.25) is 0 Å². The van der Waals surface area contributed by atoms with E-state index < -0.39 is 11.7 Å². The van der Waals surface area contributed by atoms with Gasteiger partial charge in [-0.1, -0.05) is 0 Å². The Kier molecular flexibility index (Phi) is 5.55. The summed E-state index contributed by atoms with van der Waals surface area (Å²) in [4.78, 5) is 11.8. The van der Waals surface area contributed by atoms with Gasteiger partial charge in [0.15, 0.2) is 0 Å². The van der Waals surface area contributed by atoms with E-state index in [4.69, 9.17) is 9.47 Å². The number of hydrogen-bond donors (Lipinski definition) is 1. The fourth-order valence-electron chi connectivity index (χ4n) is 2.55.